The van der Waals surface area contributed by atoms with Crippen molar-refractivity contribution in [2.45, 2.75) is 25.9 Å². The number of aryl methyl sites for hydroxylation is 1. The highest BCUT2D eigenvalue weighted by Crippen LogP contribution is 2.21. The first-order chi connectivity index (χ1) is 7.65. The highest BCUT2D eigenvalue weighted by molar-refractivity contribution is 9.10. The number of hydrogen-bond donors (Lipinski definition) is 0. The Bertz CT molecular complexity index is 362. The molecule has 2 rings (SSSR count). The smallest absolute Gasteiger partial charge is 0.213 e. The Hall–Kier alpha value is -0.610. The zero-order valence-corrected chi connectivity index (χ0v) is 11.3. The summed E-state index contributed by atoms with van der Waals surface area (Å²) in [7, 11) is 2.15. The zero-order chi connectivity index (χ0) is 11.5. The van der Waals surface area contributed by atoms with E-state index in [0.29, 0.717) is 6.10 Å². The van der Waals surface area contributed by atoms with Crippen LogP contribution in [-0.2, 0) is 0 Å². The van der Waals surface area contributed by atoms with Gasteiger partial charge in [0, 0.05) is 29.8 Å². The molecule has 1 saturated heterocycles. The van der Waals surface area contributed by atoms with Crippen LogP contribution in [0.5, 0.6) is 5.88 Å². The molecule has 4 heteroatoms. The summed E-state index contributed by atoms with van der Waals surface area (Å²) in [6, 6.07) is 1.99. The molecule has 0 N–H and O–H groups in total. The quantitative estimate of drug-likeness (QED) is 0.835. The molecule has 0 saturated carbocycles. The van der Waals surface area contributed by atoms with Gasteiger partial charge >= 0.3 is 0 Å². The van der Waals surface area contributed by atoms with Gasteiger partial charge in [0.2, 0.25) is 5.88 Å². The topological polar surface area (TPSA) is 25.4 Å². The average molecular weight is 285 g/mol. The summed E-state index contributed by atoms with van der Waals surface area (Å²) in [5.74, 6) is 0.746. The standard InChI is InChI=1S/C12H17BrN2O/c1-9-7-12(14-8-11(9)13)16-10-3-5-15(2)6-4-10/h7-8,10H,3-6H2,1-2H3. The largest absolute Gasteiger partial charge is 0.474 e. The Morgan fingerprint density at radius 3 is 2.75 bits per heavy atom. The summed E-state index contributed by atoms with van der Waals surface area (Å²) in [6.45, 7) is 4.27. The van der Waals surface area contributed by atoms with E-state index in [1.54, 1.807) is 6.20 Å². The van der Waals surface area contributed by atoms with E-state index in [1.807, 2.05) is 13.0 Å². The van der Waals surface area contributed by atoms with Crippen LogP contribution in [0.3, 0.4) is 0 Å². The van der Waals surface area contributed by atoms with Crippen LogP contribution in [0.15, 0.2) is 16.7 Å². The highest BCUT2D eigenvalue weighted by atomic mass is 79.9. The molecule has 1 aliphatic heterocycles. The number of pyridine rings is 1. The Labute approximate surface area is 105 Å². The molecule has 88 valence electrons. The summed E-state index contributed by atoms with van der Waals surface area (Å²) >= 11 is 3.44. The van der Waals surface area contributed by atoms with Gasteiger partial charge in [0.1, 0.15) is 6.10 Å². The minimum Gasteiger partial charge on any atom is -0.474 e. The maximum Gasteiger partial charge on any atom is 0.213 e. The number of piperidine rings is 1. The van der Waals surface area contributed by atoms with Gasteiger partial charge in [0.05, 0.1) is 0 Å². The van der Waals surface area contributed by atoms with Crippen LogP contribution in [0.2, 0.25) is 0 Å². The first-order valence-electron chi connectivity index (χ1n) is 5.62. The van der Waals surface area contributed by atoms with E-state index < -0.39 is 0 Å². The maximum absolute atomic E-state index is 5.88. The Morgan fingerprint density at radius 1 is 1.44 bits per heavy atom. The molecule has 0 amide bonds. The van der Waals surface area contributed by atoms with Crippen LogP contribution in [0.25, 0.3) is 0 Å². The number of halogens is 1. The lowest BCUT2D eigenvalue weighted by Crippen LogP contribution is -2.35. The molecular weight excluding hydrogens is 268 g/mol. The van der Waals surface area contributed by atoms with Crippen molar-refractivity contribution in [1.29, 1.82) is 0 Å². The van der Waals surface area contributed by atoms with Crippen LogP contribution < -0.4 is 4.74 Å². The van der Waals surface area contributed by atoms with E-state index in [0.717, 1.165) is 41.8 Å². The SMILES string of the molecule is Cc1cc(OC2CCN(C)CC2)ncc1Br. The molecule has 0 unspecified atom stereocenters. The van der Waals surface area contributed by atoms with Crippen LogP contribution in [-0.4, -0.2) is 36.1 Å². The van der Waals surface area contributed by atoms with Crippen molar-refractivity contribution in [3.8, 4) is 5.88 Å². The summed E-state index contributed by atoms with van der Waals surface area (Å²) in [5.41, 5.74) is 1.16. The van der Waals surface area contributed by atoms with Gasteiger partial charge in [0.25, 0.3) is 0 Å². The molecule has 0 aliphatic carbocycles. The molecule has 1 fully saturated rings. The second-order valence-corrected chi connectivity index (χ2v) is 5.25. The molecule has 0 aromatic carbocycles. The van der Waals surface area contributed by atoms with Crippen LogP contribution >= 0.6 is 15.9 Å². The van der Waals surface area contributed by atoms with Gasteiger partial charge in [-0.3, -0.25) is 0 Å². The molecule has 0 atom stereocenters. The summed E-state index contributed by atoms with van der Waals surface area (Å²) in [6.07, 6.45) is 4.31. The van der Waals surface area contributed by atoms with E-state index in [-0.39, 0.29) is 0 Å². The van der Waals surface area contributed by atoms with Crippen LogP contribution in [0.1, 0.15) is 18.4 Å². The lowest BCUT2D eigenvalue weighted by atomic mass is 10.1. The number of aromatic nitrogens is 1. The second kappa shape index (κ2) is 5.15. The lowest BCUT2D eigenvalue weighted by Gasteiger charge is -2.28. The third-order valence-electron chi connectivity index (χ3n) is 2.97. The fraction of sp³-hybridized carbons (Fsp3) is 0.583. The molecular formula is C12H17BrN2O. The Balaban J connectivity index is 1.96. The van der Waals surface area contributed by atoms with Crippen molar-refractivity contribution >= 4 is 15.9 Å². The first kappa shape index (κ1) is 11.9. The fourth-order valence-electron chi connectivity index (χ4n) is 1.85. The van der Waals surface area contributed by atoms with Gasteiger partial charge in [-0.1, -0.05) is 0 Å². The van der Waals surface area contributed by atoms with E-state index >= 15 is 0 Å². The lowest BCUT2D eigenvalue weighted by molar-refractivity contribution is 0.110. The molecule has 0 bridgehead atoms. The Morgan fingerprint density at radius 2 is 2.12 bits per heavy atom. The normalized spacial score (nSPS) is 18.7. The van der Waals surface area contributed by atoms with Gasteiger partial charge in [-0.25, -0.2) is 4.98 Å². The minimum atomic E-state index is 0.323. The van der Waals surface area contributed by atoms with Crippen molar-refractivity contribution in [3.05, 3.63) is 22.3 Å². The first-order valence-corrected chi connectivity index (χ1v) is 6.42. The molecule has 3 nitrogen and oxygen atoms in total. The number of ether oxygens (including phenoxy) is 1. The van der Waals surface area contributed by atoms with Crippen molar-refractivity contribution in [2.24, 2.45) is 0 Å². The minimum absolute atomic E-state index is 0.323. The molecule has 16 heavy (non-hydrogen) atoms. The van der Waals surface area contributed by atoms with Gasteiger partial charge in [-0.05, 0) is 48.3 Å². The van der Waals surface area contributed by atoms with Crippen molar-refractivity contribution in [1.82, 2.24) is 9.88 Å². The van der Waals surface area contributed by atoms with Gasteiger partial charge in [-0.2, -0.15) is 0 Å². The molecule has 2 heterocycles. The Kier molecular flexibility index (Phi) is 3.82. The van der Waals surface area contributed by atoms with E-state index in [1.165, 1.54) is 0 Å². The summed E-state index contributed by atoms with van der Waals surface area (Å²) in [4.78, 5) is 6.60. The molecule has 1 aliphatic rings. The van der Waals surface area contributed by atoms with E-state index in [2.05, 4.69) is 32.9 Å². The zero-order valence-electron chi connectivity index (χ0n) is 9.74. The second-order valence-electron chi connectivity index (χ2n) is 4.39. The number of nitrogens with zero attached hydrogens (tertiary/aromatic N) is 2. The number of hydrogen-bond acceptors (Lipinski definition) is 3. The third kappa shape index (κ3) is 2.95. The summed E-state index contributed by atoms with van der Waals surface area (Å²) in [5, 5.41) is 0. The molecule has 0 spiro atoms. The average Bonchev–Trinajstić information content (AvgIpc) is 2.27. The molecule has 1 aromatic heterocycles. The maximum atomic E-state index is 5.88. The predicted octanol–water partition coefficient (Wildman–Crippen LogP) is 2.63. The van der Waals surface area contributed by atoms with Crippen LogP contribution in [0.4, 0.5) is 0 Å². The molecule has 1 aromatic rings. The van der Waals surface area contributed by atoms with Gasteiger partial charge in [0.15, 0.2) is 0 Å². The predicted molar refractivity (Wildman–Crippen MR) is 67.8 cm³/mol. The van der Waals surface area contributed by atoms with Gasteiger partial charge < -0.3 is 9.64 Å². The fourth-order valence-corrected chi connectivity index (χ4v) is 2.07. The van der Waals surface area contributed by atoms with Crippen molar-refractivity contribution in [2.75, 3.05) is 20.1 Å². The highest BCUT2D eigenvalue weighted by Gasteiger charge is 2.18. The monoisotopic (exact) mass is 284 g/mol. The molecule has 0 radical (unpaired) electrons. The van der Waals surface area contributed by atoms with E-state index in [9.17, 15) is 0 Å². The van der Waals surface area contributed by atoms with Gasteiger partial charge in [-0.15, -0.1) is 0 Å². The van der Waals surface area contributed by atoms with Crippen LogP contribution in [0, 0.1) is 6.92 Å². The number of rotatable bonds is 2. The number of likely N-dealkylation sites (tertiary alicyclic amines) is 1. The van der Waals surface area contributed by atoms with Crippen molar-refractivity contribution in [3.63, 3.8) is 0 Å². The van der Waals surface area contributed by atoms with E-state index in [4.69, 9.17) is 4.74 Å². The van der Waals surface area contributed by atoms with Crippen molar-refractivity contribution < 1.29 is 4.74 Å². The third-order valence-corrected chi connectivity index (χ3v) is 3.81. The summed E-state index contributed by atoms with van der Waals surface area (Å²) < 4.78 is 6.91.